The van der Waals surface area contributed by atoms with E-state index in [1.54, 1.807) is 18.2 Å². The predicted molar refractivity (Wildman–Crippen MR) is 168 cm³/mol. The van der Waals surface area contributed by atoms with Crippen LogP contribution in [0, 0.1) is 11.3 Å². The van der Waals surface area contributed by atoms with Gasteiger partial charge in [0.1, 0.15) is 17.0 Å². The molecule has 0 saturated carbocycles. The van der Waals surface area contributed by atoms with Crippen molar-refractivity contribution in [2.75, 3.05) is 31.6 Å². The Labute approximate surface area is 284 Å². The molecule has 2 aliphatic rings. The molecule has 248 valence electrons. The lowest BCUT2D eigenvalue weighted by atomic mass is 10.0. The van der Waals surface area contributed by atoms with E-state index in [9.17, 15) is 37.2 Å². The van der Waals surface area contributed by atoms with E-state index in [-0.39, 0.29) is 57.3 Å². The summed E-state index contributed by atoms with van der Waals surface area (Å²) >= 11 is 18.6. The van der Waals surface area contributed by atoms with Crippen molar-refractivity contribution >= 4 is 64.2 Å². The molecule has 2 aliphatic heterocycles. The SMILES string of the molecule is COc1cc2c(cc1N1CCCN(CC(F)F)C1=O)CN(C(=O)c1c(Sc3c(Cl)cccc3Cl)cc(C(F)(F)Cl)[nH]c1=O)C2CC#N. The maximum atomic E-state index is 14.2. The second kappa shape index (κ2) is 13.8. The van der Waals surface area contributed by atoms with Gasteiger partial charge in [0.05, 0.1) is 47.9 Å². The summed E-state index contributed by atoms with van der Waals surface area (Å²) in [7, 11) is 1.35. The lowest BCUT2D eigenvalue weighted by molar-refractivity contribution is 0.0684. The minimum atomic E-state index is -3.99. The Hall–Kier alpha value is -3.64. The number of nitriles is 1. The zero-order valence-corrected chi connectivity index (χ0v) is 27.4. The minimum Gasteiger partial charge on any atom is -0.495 e. The van der Waals surface area contributed by atoms with Crippen LogP contribution in [0.1, 0.15) is 46.1 Å². The van der Waals surface area contributed by atoms with Crippen LogP contribution in [0.5, 0.6) is 5.75 Å². The van der Waals surface area contributed by atoms with Gasteiger partial charge in [-0.25, -0.2) is 13.6 Å². The molecule has 3 amide bonds. The normalized spacial score (nSPS) is 16.5. The third kappa shape index (κ3) is 6.99. The fourth-order valence-corrected chi connectivity index (χ4v) is 7.32. The van der Waals surface area contributed by atoms with Crippen molar-refractivity contribution in [2.24, 2.45) is 0 Å². The topological polar surface area (TPSA) is 110 Å². The average Bonchev–Trinajstić information content (AvgIpc) is 3.35. The first-order valence-corrected chi connectivity index (χ1v) is 15.9. The standard InChI is InChI=1S/C30H24Cl3F4N5O4S/c1-46-21-11-16-15(10-20(21)41-9-3-8-40(29(41)45)14-24(34)35)13-42(19(16)6-7-38)28(44)25-22(12-23(30(33,36)37)39-27(25)43)47-26-17(31)4-2-5-18(26)32/h2,4-5,10-12,19,24H,3,6,8-9,13-14H2,1H3,(H,39,43). The minimum absolute atomic E-state index is 0.135. The van der Waals surface area contributed by atoms with Crippen LogP contribution < -0.4 is 15.2 Å². The number of urea groups is 1. The first kappa shape index (κ1) is 34.7. The number of nitrogens with zero attached hydrogens (tertiary/aromatic N) is 4. The number of methoxy groups -OCH3 is 1. The van der Waals surface area contributed by atoms with Crippen molar-refractivity contribution in [3.05, 3.63) is 79.2 Å². The van der Waals surface area contributed by atoms with Gasteiger partial charge in [-0.1, -0.05) is 41.0 Å². The second-order valence-electron chi connectivity index (χ2n) is 10.6. The van der Waals surface area contributed by atoms with Crippen molar-refractivity contribution in [2.45, 2.75) is 47.0 Å². The Morgan fingerprint density at radius 3 is 2.51 bits per heavy atom. The highest BCUT2D eigenvalue weighted by Crippen LogP contribution is 2.45. The summed E-state index contributed by atoms with van der Waals surface area (Å²) in [5, 5.41) is 5.98. The van der Waals surface area contributed by atoms with Crippen LogP contribution >= 0.6 is 46.6 Å². The molecule has 2 aromatic carbocycles. The van der Waals surface area contributed by atoms with Gasteiger partial charge in [0.25, 0.3) is 17.9 Å². The number of carbonyl (C=O) groups is 2. The summed E-state index contributed by atoms with van der Waals surface area (Å²) in [4.78, 5) is 46.3. The lowest BCUT2D eigenvalue weighted by Gasteiger charge is -2.36. The molecule has 47 heavy (non-hydrogen) atoms. The van der Waals surface area contributed by atoms with Crippen LogP contribution in [-0.2, 0) is 11.9 Å². The number of pyridine rings is 1. The number of ether oxygens (including phenoxy) is 1. The van der Waals surface area contributed by atoms with Gasteiger partial charge < -0.3 is 19.5 Å². The fourth-order valence-electron chi connectivity index (χ4n) is 5.58. The Morgan fingerprint density at radius 1 is 1.19 bits per heavy atom. The highest BCUT2D eigenvalue weighted by atomic mass is 35.5. The third-order valence-corrected chi connectivity index (χ3v) is 9.91. The molecule has 1 atom stereocenters. The molecule has 5 rings (SSSR count). The van der Waals surface area contributed by atoms with Crippen LogP contribution in [0.4, 0.5) is 28.0 Å². The summed E-state index contributed by atoms with van der Waals surface area (Å²) < 4.78 is 60.2. The van der Waals surface area contributed by atoms with Crippen LogP contribution in [-0.4, -0.2) is 59.9 Å². The number of amides is 3. The quantitative estimate of drug-likeness (QED) is 0.179. The first-order valence-electron chi connectivity index (χ1n) is 13.9. The molecule has 1 unspecified atom stereocenters. The number of rotatable bonds is 9. The molecular weight excluding hydrogens is 709 g/mol. The Balaban J connectivity index is 1.58. The fraction of sp³-hybridized carbons (Fsp3) is 0.333. The number of fused-ring (bicyclic) bond motifs is 1. The molecule has 9 nitrogen and oxygen atoms in total. The number of anilines is 1. The van der Waals surface area contributed by atoms with Gasteiger partial charge in [0.15, 0.2) is 0 Å². The number of H-pyrrole nitrogens is 1. The number of benzene rings is 2. The van der Waals surface area contributed by atoms with E-state index in [2.05, 4.69) is 0 Å². The molecule has 0 radical (unpaired) electrons. The third-order valence-electron chi connectivity index (χ3n) is 7.67. The number of aromatic nitrogens is 1. The molecule has 3 heterocycles. The Bertz CT molecular complexity index is 1810. The highest BCUT2D eigenvalue weighted by molar-refractivity contribution is 7.99. The average molecular weight is 733 g/mol. The molecule has 0 bridgehead atoms. The van der Waals surface area contributed by atoms with Crippen molar-refractivity contribution in [1.29, 1.82) is 5.26 Å². The van der Waals surface area contributed by atoms with E-state index in [0.29, 0.717) is 17.5 Å². The van der Waals surface area contributed by atoms with Gasteiger partial charge in [-0.2, -0.15) is 14.0 Å². The maximum Gasteiger partial charge on any atom is 0.362 e. The number of nitrogens with one attached hydrogen (secondary N) is 1. The Morgan fingerprint density at radius 2 is 1.89 bits per heavy atom. The van der Waals surface area contributed by atoms with Crippen LogP contribution in [0.25, 0.3) is 0 Å². The zero-order chi connectivity index (χ0) is 34.2. The number of aromatic amines is 1. The Kier molecular flexibility index (Phi) is 10.2. The number of hydrogen-bond acceptors (Lipinski definition) is 6. The molecule has 1 aromatic heterocycles. The van der Waals surface area contributed by atoms with Crippen molar-refractivity contribution in [1.82, 2.24) is 14.8 Å². The van der Waals surface area contributed by atoms with E-state index in [4.69, 9.17) is 39.5 Å². The van der Waals surface area contributed by atoms with Gasteiger partial charge in [-0.05, 0) is 59.5 Å². The highest BCUT2D eigenvalue weighted by Gasteiger charge is 2.40. The van der Waals surface area contributed by atoms with E-state index in [0.717, 1.165) is 22.7 Å². The van der Waals surface area contributed by atoms with Gasteiger partial charge in [0.2, 0.25) is 0 Å². The van der Waals surface area contributed by atoms with Crippen LogP contribution in [0.15, 0.2) is 51.0 Å². The molecule has 0 aliphatic carbocycles. The molecule has 1 fully saturated rings. The van der Waals surface area contributed by atoms with Gasteiger partial charge in [0, 0.05) is 29.4 Å². The number of carbonyl (C=O) groups excluding carboxylic acids is 2. The van der Waals surface area contributed by atoms with Gasteiger partial charge in [-0.15, -0.1) is 0 Å². The summed E-state index contributed by atoms with van der Waals surface area (Å²) in [6, 6.07) is 9.02. The molecule has 0 spiro atoms. The van der Waals surface area contributed by atoms with E-state index >= 15 is 0 Å². The van der Waals surface area contributed by atoms with E-state index < -0.39 is 53.1 Å². The zero-order valence-electron chi connectivity index (χ0n) is 24.3. The van der Waals surface area contributed by atoms with Crippen LogP contribution in [0.3, 0.4) is 0 Å². The second-order valence-corrected chi connectivity index (χ2v) is 12.9. The maximum absolute atomic E-state index is 14.2. The first-order chi connectivity index (χ1) is 22.2. The molecule has 17 heteroatoms. The van der Waals surface area contributed by atoms with E-state index in [1.807, 2.05) is 11.1 Å². The summed E-state index contributed by atoms with van der Waals surface area (Å²) in [5.41, 5.74) is -1.40. The molecular formula is C30H24Cl3F4N5O4S. The van der Waals surface area contributed by atoms with Crippen molar-refractivity contribution < 1.29 is 31.9 Å². The summed E-state index contributed by atoms with van der Waals surface area (Å²) in [6.07, 6.45) is -2.53. The van der Waals surface area contributed by atoms with Gasteiger partial charge in [-0.3, -0.25) is 14.5 Å². The molecule has 3 aromatic rings. The van der Waals surface area contributed by atoms with Crippen molar-refractivity contribution in [3.8, 4) is 11.8 Å². The number of halogens is 7. The predicted octanol–water partition coefficient (Wildman–Crippen LogP) is 7.64. The lowest BCUT2D eigenvalue weighted by Crippen LogP contribution is -2.51. The smallest absolute Gasteiger partial charge is 0.362 e. The summed E-state index contributed by atoms with van der Waals surface area (Å²) in [5.74, 6) is -0.695. The summed E-state index contributed by atoms with van der Waals surface area (Å²) in [6.45, 7) is -0.514. The van der Waals surface area contributed by atoms with Gasteiger partial charge >= 0.3 is 11.4 Å². The number of alkyl halides is 5. The number of hydrogen-bond donors (Lipinski definition) is 1. The monoisotopic (exact) mass is 731 g/mol. The molecule has 1 N–H and O–H groups in total. The largest absolute Gasteiger partial charge is 0.495 e. The van der Waals surface area contributed by atoms with Crippen molar-refractivity contribution in [3.63, 3.8) is 0 Å². The van der Waals surface area contributed by atoms with Crippen LogP contribution in [0.2, 0.25) is 10.0 Å². The van der Waals surface area contributed by atoms with E-state index in [1.165, 1.54) is 29.0 Å². The molecule has 1 saturated heterocycles.